The molecular weight excluding hydrogens is 496 g/mol. The van der Waals surface area contributed by atoms with Gasteiger partial charge in [0.15, 0.2) is 0 Å². The third-order valence-electron chi connectivity index (χ3n) is 9.28. The van der Waals surface area contributed by atoms with Gasteiger partial charge in [0.05, 0.1) is 0 Å². The lowest BCUT2D eigenvalue weighted by atomic mass is 10.0. The van der Waals surface area contributed by atoms with Crippen molar-refractivity contribution in [2.24, 2.45) is 0 Å². The van der Waals surface area contributed by atoms with E-state index in [-0.39, 0.29) is 0 Å². The molecule has 0 spiro atoms. The second-order valence-electron chi connectivity index (χ2n) is 13.6. The number of rotatable bonds is 38. The van der Waals surface area contributed by atoms with Gasteiger partial charge in [-0.15, -0.1) is 0 Å². The minimum absolute atomic E-state index is 0.996. The maximum atomic E-state index is 5.86. The molecule has 0 fully saturated rings. The zero-order valence-electron chi connectivity index (χ0n) is 29.3. The molecule has 0 aliphatic heterocycles. The van der Waals surface area contributed by atoms with E-state index >= 15 is 0 Å². The Morgan fingerprint density at radius 2 is 0.341 bits per heavy atom. The summed E-state index contributed by atoms with van der Waals surface area (Å²) in [5, 5.41) is 0. The van der Waals surface area contributed by atoms with Crippen LogP contribution in [0.5, 0.6) is 0 Å². The molecule has 0 saturated heterocycles. The van der Waals surface area contributed by atoms with E-state index in [2.05, 4.69) is 13.8 Å². The molecule has 0 amide bonds. The fourth-order valence-corrected chi connectivity index (χ4v) is 6.31. The Hall–Kier alpha value is -0.0400. The van der Waals surface area contributed by atoms with Crippen LogP contribution in [0.4, 0.5) is 0 Å². The predicted molar refractivity (Wildman–Crippen MR) is 188 cm³/mol. The smallest absolute Gasteiger partial charge is 0.0466 e. The molecule has 0 saturated carbocycles. The van der Waals surface area contributed by atoms with Crippen LogP contribution in [-0.4, -0.2) is 13.2 Å². The van der Waals surface area contributed by atoms with Crippen molar-refractivity contribution in [3.63, 3.8) is 0 Å². The van der Waals surface area contributed by atoms with Crippen molar-refractivity contribution in [2.75, 3.05) is 13.2 Å². The van der Waals surface area contributed by atoms with E-state index in [1.807, 2.05) is 0 Å². The molecule has 1 heteroatoms. The van der Waals surface area contributed by atoms with Gasteiger partial charge < -0.3 is 4.74 Å². The molecule has 0 N–H and O–H groups in total. The van der Waals surface area contributed by atoms with Gasteiger partial charge in [-0.25, -0.2) is 0 Å². The first-order valence-corrected chi connectivity index (χ1v) is 20.0. The van der Waals surface area contributed by atoms with E-state index in [9.17, 15) is 0 Å². The van der Waals surface area contributed by atoms with Crippen LogP contribution in [-0.2, 0) is 4.74 Å². The van der Waals surface area contributed by atoms with Gasteiger partial charge in [0.1, 0.15) is 0 Å². The van der Waals surface area contributed by atoms with E-state index in [0.717, 1.165) is 13.2 Å². The minimum atomic E-state index is 0.996. The molecule has 248 valence electrons. The molecule has 0 aromatic heterocycles. The molecule has 0 aromatic rings. The summed E-state index contributed by atoms with van der Waals surface area (Å²) in [4.78, 5) is 0. The van der Waals surface area contributed by atoms with E-state index in [1.165, 1.54) is 231 Å². The lowest BCUT2D eigenvalue weighted by molar-refractivity contribution is 0.125. The van der Waals surface area contributed by atoms with Crippen LogP contribution >= 0.6 is 0 Å². The molecule has 0 unspecified atom stereocenters. The van der Waals surface area contributed by atoms with E-state index in [4.69, 9.17) is 4.74 Å². The van der Waals surface area contributed by atoms with E-state index in [0.29, 0.717) is 0 Å². The van der Waals surface area contributed by atoms with Crippen molar-refractivity contribution >= 4 is 0 Å². The van der Waals surface area contributed by atoms with Crippen LogP contribution in [0.3, 0.4) is 0 Å². The predicted octanol–water partition coefficient (Wildman–Crippen LogP) is 15.1. The van der Waals surface area contributed by atoms with E-state index < -0.39 is 0 Å². The van der Waals surface area contributed by atoms with Crippen LogP contribution in [0.1, 0.15) is 245 Å². The van der Waals surface area contributed by atoms with Crippen molar-refractivity contribution in [3.8, 4) is 0 Å². The molecule has 0 atom stereocenters. The first-order valence-electron chi connectivity index (χ1n) is 20.0. The Bertz CT molecular complexity index is 381. The molecule has 0 heterocycles. The molecule has 0 bridgehead atoms. The maximum absolute atomic E-state index is 5.86. The average molecular weight is 579 g/mol. The maximum Gasteiger partial charge on any atom is 0.0466 e. The SMILES string of the molecule is CCCCCCCCCCCCCCCCCCCCCCCCCCCCOCCCCCCCCCCCC. The molecule has 0 aliphatic carbocycles. The number of unbranched alkanes of at least 4 members (excludes halogenated alkanes) is 34. The summed E-state index contributed by atoms with van der Waals surface area (Å²) in [5.41, 5.74) is 0. The average Bonchev–Trinajstić information content (AvgIpc) is 2.98. The quantitative estimate of drug-likeness (QED) is 0.0662. The standard InChI is InChI=1S/C40H82O/c1-3-5-7-9-11-13-15-16-17-18-19-20-21-22-23-24-25-26-27-28-29-30-32-34-36-38-40-41-39-37-35-33-31-14-12-10-8-6-4-2/h3-40H2,1-2H3. The summed E-state index contributed by atoms with van der Waals surface area (Å²) in [7, 11) is 0. The van der Waals surface area contributed by atoms with Gasteiger partial charge in [-0.05, 0) is 12.8 Å². The highest BCUT2D eigenvalue weighted by Gasteiger charge is 1.97. The van der Waals surface area contributed by atoms with Gasteiger partial charge in [0.25, 0.3) is 0 Å². The second-order valence-corrected chi connectivity index (χ2v) is 13.6. The van der Waals surface area contributed by atoms with Gasteiger partial charge in [0.2, 0.25) is 0 Å². The normalized spacial score (nSPS) is 11.6. The van der Waals surface area contributed by atoms with Crippen molar-refractivity contribution < 1.29 is 4.74 Å². The first-order chi connectivity index (χ1) is 20.4. The van der Waals surface area contributed by atoms with Crippen LogP contribution in [0.2, 0.25) is 0 Å². The molecule has 41 heavy (non-hydrogen) atoms. The van der Waals surface area contributed by atoms with Crippen LogP contribution in [0.15, 0.2) is 0 Å². The van der Waals surface area contributed by atoms with Crippen molar-refractivity contribution in [1.82, 2.24) is 0 Å². The summed E-state index contributed by atoms with van der Waals surface area (Å²) in [5.74, 6) is 0. The number of hydrogen-bond acceptors (Lipinski definition) is 1. The fraction of sp³-hybridized carbons (Fsp3) is 1.00. The van der Waals surface area contributed by atoms with Crippen LogP contribution < -0.4 is 0 Å². The van der Waals surface area contributed by atoms with E-state index in [1.54, 1.807) is 0 Å². The third-order valence-corrected chi connectivity index (χ3v) is 9.28. The largest absolute Gasteiger partial charge is 0.381 e. The lowest BCUT2D eigenvalue weighted by Gasteiger charge is -2.05. The zero-order chi connectivity index (χ0) is 29.6. The van der Waals surface area contributed by atoms with Crippen LogP contribution in [0, 0.1) is 0 Å². The number of hydrogen-bond donors (Lipinski definition) is 0. The van der Waals surface area contributed by atoms with Crippen LogP contribution in [0.25, 0.3) is 0 Å². The van der Waals surface area contributed by atoms with Gasteiger partial charge in [-0.1, -0.05) is 232 Å². The molecular formula is C40H82O. The zero-order valence-corrected chi connectivity index (χ0v) is 29.3. The topological polar surface area (TPSA) is 9.23 Å². The minimum Gasteiger partial charge on any atom is -0.381 e. The van der Waals surface area contributed by atoms with Gasteiger partial charge >= 0.3 is 0 Å². The lowest BCUT2D eigenvalue weighted by Crippen LogP contribution is -1.97. The summed E-state index contributed by atoms with van der Waals surface area (Å²) in [6.07, 6.45) is 52.0. The monoisotopic (exact) mass is 579 g/mol. The van der Waals surface area contributed by atoms with Gasteiger partial charge in [0, 0.05) is 13.2 Å². The highest BCUT2D eigenvalue weighted by Crippen LogP contribution is 2.16. The Labute approximate surface area is 262 Å². The first kappa shape index (κ1) is 41.0. The molecule has 0 aromatic carbocycles. The summed E-state index contributed by atoms with van der Waals surface area (Å²) in [6.45, 7) is 6.60. The highest BCUT2D eigenvalue weighted by atomic mass is 16.5. The van der Waals surface area contributed by atoms with Crippen molar-refractivity contribution in [1.29, 1.82) is 0 Å². The third kappa shape index (κ3) is 40.0. The molecule has 0 rings (SSSR count). The Morgan fingerprint density at radius 3 is 0.512 bits per heavy atom. The summed E-state index contributed by atoms with van der Waals surface area (Å²) >= 11 is 0. The molecule has 0 aliphatic rings. The molecule has 1 nitrogen and oxygen atoms in total. The summed E-state index contributed by atoms with van der Waals surface area (Å²) in [6, 6.07) is 0. The molecule has 0 radical (unpaired) electrons. The Kier molecular flexibility index (Phi) is 39.9. The highest BCUT2D eigenvalue weighted by molar-refractivity contribution is 4.52. The van der Waals surface area contributed by atoms with Gasteiger partial charge in [-0.3, -0.25) is 0 Å². The van der Waals surface area contributed by atoms with Gasteiger partial charge in [-0.2, -0.15) is 0 Å². The fourth-order valence-electron chi connectivity index (χ4n) is 6.31. The summed E-state index contributed by atoms with van der Waals surface area (Å²) < 4.78 is 5.86. The number of ether oxygens (including phenoxy) is 1. The van der Waals surface area contributed by atoms with Crippen molar-refractivity contribution in [3.05, 3.63) is 0 Å². The van der Waals surface area contributed by atoms with Crippen molar-refractivity contribution in [2.45, 2.75) is 245 Å². The second kappa shape index (κ2) is 40.0. The Morgan fingerprint density at radius 1 is 0.195 bits per heavy atom. The Balaban J connectivity index is 3.02.